The van der Waals surface area contributed by atoms with Crippen LogP contribution in [0.2, 0.25) is 0 Å². The summed E-state index contributed by atoms with van der Waals surface area (Å²) in [6, 6.07) is 16.3. The van der Waals surface area contributed by atoms with Crippen LogP contribution in [0.5, 0.6) is 0 Å². The van der Waals surface area contributed by atoms with E-state index in [1.807, 2.05) is 39.0 Å². The Morgan fingerprint density at radius 2 is 1.71 bits per heavy atom. The van der Waals surface area contributed by atoms with Gasteiger partial charge in [0.2, 0.25) is 0 Å². The quantitative estimate of drug-likeness (QED) is 0.536. The van der Waals surface area contributed by atoms with Gasteiger partial charge in [-0.05, 0) is 30.3 Å². The van der Waals surface area contributed by atoms with E-state index in [1.165, 1.54) is 22.8 Å². The summed E-state index contributed by atoms with van der Waals surface area (Å²) < 4.78 is 16.5. The molecular formula is C24H23FN4O2. The van der Waals surface area contributed by atoms with Crippen LogP contribution in [-0.4, -0.2) is 20.3 Å². The molecule has 0 aliphatic carbocycles. The van der Waals surface area contributed by atoms with E-state index in [1.54, 1.807) is 36.0 Å². The number of hydrogen-bond donors (Lipinski definition) is 1. The van der Waals surface area contributed by atoms with Gasteiger partial charge in [-0.25, -0.2) is 9.07 Å². The number of fused-ring (bicyclic) bond motifs is 1. The number of benzene rings is 2. The van der Waals surface area contributed by atoms with Crippen molar-refractivity contribution in [2.45, 2.75) is 26.2 Å². The molecule has 1 N–H and O–H groups in total. The number of anilines is 1. The van der Waals surface area contributed by atoms with Crippen LogP contribution in [-0.2, 0) is 12.5 Å². The van der Waals surface area contributed by atoms with E-state index in [4.69, 9.17) is 0 Å². The fourth-order valence-electron chi connectivity index (χ4n) is 3.40. The monoisotopic (exact) mass is 418 g/mol. The number of hydrogen-bond acceptors (Lipinski definition) is 3. The summed E-state index contributed by atoms with van der Waals surface area (Å²) in [7, 11) is 1.67. The number of nitrogens with one attached hydrogen (secondary N) is 1. The molecule has 158 valence electrons. The molecule has 0 spiro atoms. The van der Waals surface area contributed by atoms with Crippen LogP contribution >= 0.6 is 0 Å². The second-order valence-electron chi connectivity index (χ2n) is 8.48. The molecule has 0 bridgehead atoms. The van der Waals surface area contributed by atoms with E-state index in [2.05, 4.69) is 10.4 Å². The average Bonchev–Trinajstić information content (AvgIpc) is 3.15. The Bertz CT molecular complexity index is 1350. The molecule has 2 aromatic heterocycles. The first-order chi connectivity index (χ1) is 14.6. The summed E-state index contributed by atoms with van der Waals surface area (Å²) in [5.74, 6) is -0.340. The number of para-hydroxylation sites is 1. The maximum atomic E-state index is 13.4. The summed E-state index contributed by atoms with van der Waals surface area (Å²) in [6.45, 7) is 6.05. The molecule has 0 unspecified atom stereocenters. The van der Waals surface area contributed by atoms with Crippen LogP contribution in [0.1, 0.15) is 36.8 Å². The minimum atomic E-state index is -0.419. The number of amides is 1. The Morgan fingerprint density at radius 1 is 1.03 bits per heavy atom. The van der Waals surface area contributed by atoms with Gasteiger partial charge in [-0.2, -0.15) is 5.10 Å². The largest absolute Gasteiger partial charge is 0.311 e. The second-order valence-corrected chi connectivity index (χ2v) is 8.48. The maximum Gasteiger partial charge on any atom is 0.257 e. The summed E-state index contributed by atoms with van der Waals surface area (Å²) in [6.07, 6.45) is 0. The number of aromatic nitrogens is 3. The molecule has 0 atom stereocenters. The zero-order chi connectivity index (χ0) is 22.3. The van der Waals surface area contributed by atoms with E-state index >= 15 is 0 Å². The van der Waals surface area contributed by atoms with Crippen LogP contribution < -0.4 is 10.9 Å². The lowest BCUT2D eigenvalue weighted by atomic mass is 9.92. The molecule has 0 aliphatic heterocycles. The summed E-state index contributed by atoms with van der Waals surface area (Å²) in [5, 5.41) is 8.20. The Hall–Kier alpha value is -3.74. The molecular weight excluding hydrogens is 395 g/mol. The Morgan fingerprint density at radius 3 is 2.39 bits per heavy atom. The van der Waals surface area contributed by atoms with Crippen LogP contribution in [0.3, 0.4) is 0 Å². The van der Waals surface area contributed by atoms with Gasteiger partial charge in [0, 0.05) is 30.0 Å². The smallest absolute Gasteiger partial charge is 0.257 e. The van der Waals surface area contributed by atoms with Gasteiger partial charge in [-0.1, -0.05) is 39.0 Å². The minimum absolute atomic E-state index is 0.264. The van der Waals surface area contributed by atoms with Gasteiger partial charge in [0.05, 0.1) is 22.5 Å². The molecule has 0 saturated heterocycles. The van der Waals surface area contributed by atoms with E-state index in [9.17, 15) is 14.0 Å². The lowest BCUT2D eigenvalue weighted by Crippen LogP contribution is -2.22. The first kappa shape index (κ1) is 20.5. The topological polar surface area (TPSA) is 68.9 Å². The second kappa shape index (κ2) is 7.50. The highest BCUT2D eigenvalue weighted by atomic mass is 19.1. The van der Waals surface area contributed by atoms with Gasteiger partial charge in [0.15, 0.2) is 0 Å². The summed E-state index contributed by atoms with van der Waals surface area (Å²) in [4.78, 5) is 25.6. The number of nitrogens with zero attached hydrogens (tertiary/aromatic N) is 3. The third-order valence-electron chi connectivity index (χ3n) is 5.19. The van der Waals surface area contributed by atoms with Gasteiger partial charge in [-0.15, -0.1) is 0 Å². The zero-order valence-corrected chi connectivity index (χ0v) is 17.8. The third kappa shape index (κ3) is 3.86. The van der Waals surface area contributed by atoms with Crippen molar-refractivity contribution >= 4 is 22.6 Å². The molecule has 2 heterocycles. The van der Waals surface area contributed by atoms with Crippen molar-refractivity contribution < 1.29 is 9.18 Å². The molecule has 0 radical (unpaired) electrons. The number of carbonyl (C=O) groups excluding carboxylic acids is 1. The van der Waals surface area contributed by atoms with Crippen LogP contribution in [0.25, 0.3) is 16.6 Å². The van der Waals surface area contributed by atoms with Crippen LogP contribution in [0.15, 0.2) is 65.5 Å². The molecule has 31 heavy (non-hydrogen) atoms. The van der Waals surface area contributed by atoms with Crippen molar-refractivity contribution in [3.63, 3.8) is 0 Å². The van der Waals surface area contributed by atoms with Crippen LogP contribution in [0, 0.1) is 5.82 Å². The molecule has 4 rings (SSSR count). The average molecular weight is 418 g/mol. The molecule has 0 saturated carbocycles. The lowest BCUT2D eigenvalue weighted by Gasteiger charge is -2.14. The van der Waals surface area contributed by atoms with Crippen LogP contribution in [0.4, 0.5) is 10.2 Å². The zero-order valence-electron chi connectivity index (χ0n) is 17.8. The molecule has 1 amide bonds. The highest BCUT2D eigenvalue weighted by molar-refractivity contribution is 6.12. The Kier molecular flexibility index (Phi) is 4.97. The van der Waals surface area contributed by atoms with Gasteiger partial charge < -0.3 is 9.88 Å². The molecule has 0 fully saturated rings. The van der Waals surface area contributed by atoms with E-state index < -0.39 is 5.91 Å². The van der Waals surface area contributed by atoms with Gasteiger partial charge in [0.1, 0.15) is 11.6 Å². The number of pyridine rings is 1. The van der Waals surface area contributed by atoms with Gasteiger partial charge in [0.25, 0.3) is 11.5 Å². The highest BCUT2D eigenvalue weighted by Crippen LogP contribution is 2.27. The minimum Gasteiger partial charge on any atom is -0.311 e. The number of carbonyl (C=O) groups is 1. The molecule has 7 heteroatoms. The normalized spacial score (nSPS) is 11.6. The van der Waals surface area contributed by atoms with Crippen molar-refractivity contribution in [1.82, 2.24) is 14.3 Å². The molecule has 2 aromatic carbocycles. The molecule has 0 aliphatic rings. The van der Waals surface area contributed by atoms with Crippen molar-refractivity contribution in [2.24, 2.45) is 7.05 Å². The van der Waals surface area contributed by atoms with E-state index in [0.29, 0.717) is 22.4 Å². The van der Waals surface area contributed by atoms with Crippen molar-refractivity contribution in [3.05, 3.63) is 88.1 Å². The SMILES string of the molecule is Cn1c(=O)cc(C(=O)Nc2cc(C(C)(C)C)nn2-c2ccc(F)cc2)c2ccccc21. The summed E-state index contributed by atoms with van der Waals surface area (Å²) >= 11 is 0. The predicted molar refractivity (Wildman–Crippen MR) is 119 cm³/mol. The standard InChI is InChI=1S/C24H23FN4O2/c1-24(2,3)20-14-21(29(27-20)16-11-9-15(25)10-12-16)26-23(31)18-13-22(30)28(4)19-8-6-5-7-17(18)19/h5-14H,1-4H3,(H,26,31). The summed E-state index contributed by atoms with van der Waals surface area (Å²) in [5.41, 5.74) is 1.79. The van der Waals surface area contributed by atoms with E-state index in [0.717, 1.165) is 5.69 Å². The Labute approximate surface area is 178 Å². The van der Waals surface area contributed by atoms with Gasteiger partial charge >= 0.3 is 0 Å². The third-order valence-corrected chi connectivity index (χ3v) is 5.19. The van der Waals surface area contributed by atoms with Crippen molar-refractivity contribution in [1.29, 1.82) is 0 Å². The fraction of sp³-hybridized carbons (Fsp3) is 0.208. The molecule has 6 nitrogen and oxygen atoms in total. The maximum absolute atomic E-state index is 13.4. The predicted octanol–water partition coefficient (Wildman–Crippen LogP) is 4.41. The van der Waals surface area contributed by atoms with Gasteiger partial charge in [-0.3, -0.25) is 9.59 Å². The molecule has 4 aromatic rings. The first-order valence-electron chi connectivity index (χ1n) is 9.92. The van der Waals surface area contributed by atoms with Crippen molar-refractivity contribution in [2.75, 3.05) is 5.32 Å². The Balaban J connectivity index is 1.81. The lowest BCUT2D eigenvalue weighted by molar-refractivity contribution is 0.102. The van der Waals surface area contributed by atoms with Crippen molar-refractivity contribution in [3.8, 4) is 5.69 Å². The number of halogens is 1. The highest BCUT2D eigenvalue weighted by Gasteiger charge is 2.22. The van der Waals surface area contributed by atoms with E-state index in [-0.39, 0.29) is 22.4 Å². The number of aryl methyl sites for hydroxylation is 1. The number of rotatable bonds is 3. The first-order valence-corrected chi connectivity index (χ1v) is 9.92. The fourth-order valence-corrected chi connectivity index (χ4v) is 3.40.